The molecule has 1 aromatic heterocycles. The number of aromatic nitrogens is 2. The number of aliphatic hydroxyl groups is 1. The molecule has 0 aliphatic rings. The van der Waals surface area contributed by atoms with E-state index in [1.807, 2.05) is 34.6 Å². The fourth-order valence-corrected chi connectivity index (χ4v) is 1.19. The van der Waals surface area contributed by atoms with Gasteiger partial charge in [-0.05, 0) is 5.92 Å². The molecule has 0 radical (unpaired) electrons. The first-order valence-electron chi connectivity index (χ1n) is 5.51. The number of rotatable bonds is 3. The lowest BCUT2D eigenvalue weighted by atomic mass is 9.97. The molecule has 5 nitrogen and oxygen atoms in total. The van der Waals surface area contributed by atoms with Crippen LogP contribution in [0, 0.1) is 5.92 Å². The van der Waals surface area contributed by atoms with Gasteiger partial charge in [-0.1, -0.05) is 34.6 Å². The van der Waals surface area contributed by atoms with Crippen LogP contribution in [0.15, 0.2) is 4.42 Å². The number of aliphatic hydroxyl groups excluding tert-OH is 1. The molecule has 0 fully saturated rings. The molecule has 2 atom stereocenters. The Morgan fingerprint density at radius 1 is 1.25 bits per heavy atom. The van der Waals surface area contributed by atoms with Gasteiger partial charge in [-0.2, -0.15) is 0 Å². The van der Waals surface area contributed by atoms with Gasteiger partial charge in [-0.15, -0.1) is 10.2 Å². The van der Waals surface area contributed by atoms with Crippen molar-refractivity contribution in [3.63, 3.8) is 0 Å². The van der Waals surface area contributed by atoms with Gasteiger partial charge >= 0.3 is 0 Å². The standard InChI is InChI=1S/C11H21N3O2/c1-6(2)7(12)8(15)9-13-14-10(16-9)11(3,4)5/h6-8,15H,12H2,1-5H3/t7-,8?/m0/s1. The van der Waals surface area contributed by atoms with Gasteiger partial charge in [0.05, 0.1) is 0 Å². The van der Waals surface area contributed by atoms with E-state index >= 15 is 0 Å². The fraction of sp³-hybridized carbons (Fsp3) is 0.818. The third kappa shape index (κ3) is 2.80. The largest absolute Gasteiger partial charge is 0.422 e. The molecular formula is C11H21N3O2. The van der Waals surface area contributed by atoms with Crippen LogP contribution in [0.1, 0.15) is 52.5 Å². The van der Waals surface area contributed by atoms with Gasteiger partial charge in [-0.25, -0.2) is 0 Å². The van der Waals surface area contributed by atoms with E-state index in [2.05, 4.69) is 10.2 Å². The molecule has 1 rings (SSSR count). The summed E-state index contributed by atoms with van der Waals surface area (Å²) in [5.41, 5.74) is 5.62. The van der Waals surface area contributed by atoms with Crippen molar-refractivity contribution < 1.29 is 9.52 Å². The Kier molecular flexibility index (Phi) is 3.70. The molecule has 5 heteroatoms. The normalized spacial score (nSPS) is 16.5. The van der Waals surface area contributed by atoms with Crippen LogP contribution in [0.5, 0.6) is 0 Å². The highest BCUT2D eigenvalue weighted by molar-refractivity contribution is 4.99. The Hall–Kier alpha value is -0.940. The molecule has 1 unspecified atom stereocenters. The lowest BCUT2D eigenvalue weighted by Gasteiger charge is -2.19. The molecule has 0 amide bonds. The molecule has 0 aliphatic carbocycles. The van der Waals surface area contributed by atoms with E-state index < -0.39 is 12.1 Å². The van der Waals surface area contributed by atoms with Crippen LogP contribution in [-0.2, 0) is 5.41 Å². The van der Waals surface area contributed by atoms with Crippen LogP contribution < -0.4 is 5.73 Å². The second-order valence-electron chi connectivity index (χ2n) is 5.46. The van der Waals surface area contributed by atoms with Crippen molar-refractivity contribution in [3.05, 3.63) is 11.8 Å². The third-order valence-electron chi connectivity index (χ3n) is 2.47. The Morgan fingerprint density at radius 2 is 1.81 bits per heavy atom. The summed E-state index contributed by atoms with van der Waals surface area (Å²) >= 11 is 0. The average Bonchev–Trinajstić information content (AvgIpc) is 2.63. The van der Waals surface area contributed by atoms with Crippen LogP contribution in [0.4, 0.5) is 0 Å². The monoisotopic (exact) mass is 227 g/mol. The highest BCUT2D eigenvalue weighted by Gasteiger charge is 2.28. The van der Waals surface area contributed by atoms with Crippen LogP contribution in [-0.4, -0.2) is 21.3 Å². The molecule has 0 aliphatic heterocycles. The zero-order valence-electron chi connectivity index (χ0n) is 10.6. The van der Waals surface area contributed by atoms with E-state index in [1.165, 1.54) is 0 Å². The van der Waals surface area contributed by atoms with Gasteiger partial charge in [0, 0.05) is 11.5 Å². The van der Waals surface area contributed by atoms with Gasteiger partial charge in [0.1, 0.15) is 6.10 Å². The second-order valence-corrected chi connectivity index (χ2v) is 5.46. The summed E-state index contributed by atoms with van der Waals surface area (Å²) in [4.78, 5) is 0. The number of nitrogens with zero attached hydrogens (tertiary/aromatic N) is 2. The van der Waals surface area contributed by atoms with E-state index in [1.54, 1.807) is 0 Å². The molecule has 92 valence electrons. The first-order valence-corrected chi connectivity index (χ1v) is 5.51. The van der Waals surface area contributed by atoms with Crippen molar-refractivity contribution in [2.75, 3.05) is 0 Å². The van der Waals surface area contributed by atoms with Crippen molar-refractivity contribution in [3.8, 4) is 0 Å². The van der Waals surface area contributed by atoms with E-state index in [9.17, 15) is 5.11 Å². The Bertz CT molecular complexity index is 341. The van der Waals surface area contributed by atoms with Crippen LogP contribution in [0.25, 0.3) is 0 Å². The molecule has 0 bridgehead atoms. The molecule has 0 spiro atoms. The predicted octanol–water partition coefficient (Wildman–Crippen LogP) is 1.38. The summed E-state index contributed by atoms with van der Waals surface area (Å²) < 4.78 is 5.43. The smallest absolute Gasteiger partial charge is 0.246 e. The van der Waals surface area contributed by atoms with E-state index in [4.69, 9.17) is 10.2 Å². The molecule has 3 N–H and O–H groups in total. The number of hydrogen-bond donors (Lipinski definition) is 2. The fourth-order valence-electron chi connectivity index (χ4n) is 1.19. The Morgan fingerprint density at radius 3 is 2.19 bits per heavy atom. The SMILES string of the molecule is CC(C)[C@H](N)C(O)c1nnc(C(C)(C)C)o1. The lowest BCUT2D eigenvalue weighted by molar-refractivity contribution is 0.0946. The minimum absolute atomic E-state index is 0.153. The van der Waals surface area contributed by atoms with E-state index in [0.29, 0.717) is 5.89 Å². The van der Waals surface area contributed by atoms with Gasteiger partial charge < -0.3 is 15.3 Å². The van der Waals surface area contributed by atoms with Crippen molar-refractivity contribution in [1.29, 1.82) is 0 Å². The Balaban J connectivity index is 2.86. The number of hydrogen-bond acceptors (Lipinski definition) is 5. The minimum atomic E-state index is -0.899. The summed E-state index contributed by atoms with van der Waals surface area (Å²) in [6, 6.07) is -0.395. The lowest BCUT2D eigenvalue weighted by Crippen LogP contribution is -2.33. The van der Waals surface area contributed by atoms with Gasteiger partial charge in [-0.3, -0.25) is 0 Å². The van der Waals surface area contributed by atoms with Crippen LogP contribution in [0.3, 0.4) is 0 Å². The highest BCUT2D eigenvalue weighted by Crippen LogP contribution is 2.24. The van der Waals surface area contributed by atoms with Crippen molar-refractivity contribution >= 4 is 0 Å². The quantitative estimate of drug-likeness (QED) is 0.815. The maximum absolute atomic E-state index is 9.92. The summed E-state index contributed by atoms with van der Waals surface area (Å²) in [5, 5.41) is 17.7. The van der Waals surface area contributed by atoms with E-state index in [-0.39, 0.29) is 17.2 Å². The second kappa shape index (κ2) is 4.51. The predicted molar refractivity (Wildman–Crippen MR) is 60.8 cm³/mol. The van der Waals surface area contributed by atoms with Crippen molar-refractivity contribution in [1.82, 2.24) is 10.2 Å². The first-order chi connectivity index (χ1) is 7.23. The molecule has 0 saturated heterocycles. The molecule has 0 saturated carbocycles. The average molecular weight is 227 g/mol. The maximum atomic E-state index is 9.92. The zero-order valence-corrected chi connectivity index (χ0v) is 10.6. The van der Waals surface area contributed by atoms with Crippen molar-refractivity contribution in [2.45, 2.75) is 52.2 Å². The Labute approximate surface area is 96.1 Å². The van der Waals surface area contributed by atoms with Crippen LogP contribution in [0.2, 0.25) is 0 Å². The first kappa shape index (κ1) is 13.1. The molecule has 16 heavy (non-hydrogen) atoms. The zero-order chi connectivity index (χ0) is 12.5. The van der Waals surface area contributed by atoms with Gasteiger partial charge in [0.2, 0.25) is 11.8 Å². The minimum Gasteiger partial charge on any atom is -0.422 e. The summed E-state index contributed by atoms with van der Waals surface area (Å²) in [7, 11) is 0. The van der Waals surface area contributed by atoms with Gasteiger partial charge in [0.15, 0.2) is 0 Å². The molecule has 1 heterocycles. The van der Waals surface area contributed by atoms with Crippen LogP contribution >= 0.6 is 0 Å². The van der Waals surface area contributed by atoms with Gasteiger partial charge in [0.25, 0.3) is 0 Å². The summed E-state index contributed by atoms with van der Waals surface area (Å²) in [6.07, 6.45) is -0.899. The molecular weight excluding hydrogens is 206 g/mol. The third-order valence-corrected chi connectivity index (χ3v) is 2.47. The highest BCUT2D eigenvalue weighted by atomic mass is 16.4. The van der Waals surface area contributed by atoms with Crippen molar-refractivity contribution in [2.24, 2.45) is 11.7 Å². The number of nitrogens with two attached hydrogens (primary N) is 1. The summed E-state index contributed by atoms with van der Waals surface area (Å²) in [5.74, 6) is 0.864. The summed E-state index contributed by atoms with van der Waals surface area (Å²) in [6.45, 7) is 9.79. The van der Waals surface area contributed by atoms with E-state index in [0.717, 1.165) is 0 Å². The molecule has 0 aromatic carbocycles. The maximum Gasteiger partial charge on any atom is 0.246 e. The topological polar surface area (TPSA) is 85.2 Å². The molecule has 1 aromatic rings.